The number of benzene rings is 1. The molecule has 1 aliphatic heterocycles. The van der Waals surface area contributed by atoms with Gasteiger partial charge in [-0.15, -0.1) is 36.2 Å². The first kappa shape index (κ1) is 21.7. The van der Waals surface area contributed by atoms with Crippen LogP contribution in [0.3, 0.4) is 0 Å². The van der Waals surface area contributed by atoms with Crippen molar-refractivity contribution in [2.45, 2.75) is 12.8 Å². The fourth-order valence-electron chi connectivity index (χ4n) is 3.41. The molecule has 3 aromatic rings. The van der Waals surface area contributed by atoms with Gasteiger partial charge < -0.3 is 14.6 Å². The zero-order chi connectivity index (χ0) is 17.2. The van der Waals surface area contributed by atoms with Crippen LogP contribution >= 0.6 is 36.2 Å². The molecule has 1 unspecified atom stereocenters. The lowest BCUT2D eigenvalue weighted by Gasteiger charge is -2.32. The number of hydrogen-bond donors (Lipinski definition) is 1. The summed E-state index contributed by atoms with van der Waals surface area (Å²) >= 11 is 1.58. The summed E-state index contributed by atoms with van der Waals surface area (Å²) in [6.07, 6.45) is 2.21. The number of halogens is 2. The number of rotatable bonds is 4. The van der Waals surface area contributed by atoms with Crippen molar-refractivity contribution in [1.29, 1.82) is 0 Å². The van der Waals surface area contributed by atoms with E-state index in [1.165, 1.54) is 6.42 Å². The monoisotopic (exact) mass is 427 g/mol. The van der Waals surface area contributed by atoms with Crippen LogP contribution in [0.25, 0.3) is 21.0 Å². The Morgan fingerprint density at radius 3 is 2.89 bits per heavy atom. The third kappa shape index (κ3) is 4.63. The van der Waals surface area contributed by atoms with Crippen LogP contribution in [0, 0.1) is 5.92 Å². The van der Waals surface area contributed by atoms with Gasteiger partial charge >= 0.3 is 0 Å². The van der Waals surface area contributed by atoms with Crippen molar-refractivity contribution in [3.05, 3.63) is 42.2 Å². The van der Waals surface area contributed by atoms with Crippen LogP contribution in [0.5, 0.6) is 0 Å². The van der Waals surface area contributed by atoms with Gasteiger partial charge in [-0.1, -0.05) is 12.1 Å². The summed E-state index contributed by atoms with van der Waals surface area (Å²) in [6, 6.07) is 11.6. The Balaban J connectivity index is 0.00000131. The van der Waals surface area contributed by atoms with Gasteiger partial charge in [-0.05, 0) is 56.6 Å². The molecule has 0 bridgehead atoms. The molecule has 0 radical (unpaired) electrons. The number of hydrogen-bond acceptors (Lipinski definition) is 5. The van der Waals surface area contributed by atoms with Gasteiger partial charge in [-0.25, -0.2) is 4.98 Å². The average Bonchev–Trinajstić information content (AvgIpc) is 3.28. The summed E-state index contributed by atoms with van der Waals surface area (Å²) in [5, 5.41) is 4.02. The van der Waals surface area contributed by atoms with Gasteiger partial charge in [0.25, 0.3) is 5.91 Å². The third-order valence-electron chi connectivity index (χ3n) is 4.62. The van der Waals surface area contributed by atoms with Crippen LogP contribution < -0.4 is 5.32 Å². The van der Waals surface area contributed by atoms with Crippen LogP contribution in [0.2, 0.25) is 0 Å². The van der Waals surface area contributed by atoms with E-state index in [0.29, 0.717) is 17.4 Å². The van der Waals surface area contributed by atoms with Crippen molar-refractivity contribution in [3.63, 3.8) is 0 Å². The number of nitrogens with zero attached hydrogens (tertiary/aromatic N) is 2. The first-order valence-corrected chi connectivity index (χ1v) is 9.46. The van der Waals surface area contributed by atoms with E-state index in [4.69, 9.17) is 4.42 Å². The largest absolute Gasteiger partial charge is 0.448 e. The number of furan rings is 1. The highest BCUT2D eigenvalue weighted by Gasteiger charge is 2.26. The van der Waals surface area contributed by atoms with E-state index in [-0.39, 0.29) is 30.7 Å². The maximum Gasteiger partial charge on any atom is 0.289 e. The number of piperidine rings is 1. The van der Waals surface area contributed by atoms with E-state index in [1.807, 2.05) is 42.3 Å². The minimum atomic E-state index is -0.0202. The fraction of sp³-hybridized carbons (Fsp3) is 0.368. The maximum atomic E-state index is 12.8. The third-order valence-corrected chi connectivity index (χ3v) is 5.67. The van der Waals surface area contributed by atoms with Gasteiger partial charge in [0.15, 0.2) is 16.5 Å². The van der Waals surface area contributed by atoms with E-state index >= 15 is 0 Å². The van der Waals surface area contributed by atoms with Gasteiger partial charge in [0, 0.05) is 13.1 Å². The molecule has 5 nitrogen and oxygen atoms in total. The highest BCUT2D eigenvalue weighted by atomic mass is 35.5. The summed E-state index contributed by atoms with van der Waals surface area (Å²) in [4.78, 5) is 19.3. The normalized spacial score (nSPS) is 16.6. The number of carbonyl (C=O) groups is 1. The van der Waals surface area contributed by atoms with Crippen molar-refractivity contribution in [1.82, 2.24) is 15.2 Å². The maximum absolute atomic E-state index is 12.8. The molecule has 1 atom stereocenters. The second-order valence-corrected chi connectivity index (χ2v) is 7.50. The van der Waals surface area contributed by atoms with E-state index < -0.39 is 0 Å². The number of carbonyl (C=O) groups excluding carboxylic acids is 1. The van der Waals surface area contributed by atoms with E-state index in [0.717, 1.165) is 41.3 Å². The van der Waals surface area contributed by atoms with E-state index in [2.05, 4.69) is 10.3 Å². The average molecular weight is 428 g/mol. The molecule has 4 rings (SSSR count). The lowest BCUT2D eigenvalue weighted by atomic mass is 9.98. The number of nitrogens with one attached hydrogen (secondary N) is 1. The van der Waals surface area contributed by atoms with Crippen LogP contribution in [0.1, 0.15) is 23.4 Å². The number of fused-ring (bicyclic) bond motifs is 1. The summed E-state index contributed by atoms with van der Waals surface area (Å²) in [6.45, 7) is 2.53. The molecule has 1 aromatic carbocycles. The van der Waals surface area contributed by atoms with E-state index in [1.54, 1.807) is 17.4 Å². The van der Waals surface area contributed by atoms with Crippen LogP contribution in [0.15, 0.2) is 40.8 Å². The summed E-state index contributed by atoms with van der Waals surface area (Å²) in [7, 11) is 1.96. The number of aromatic nitrogens is 1. The molecule has 0 spiro atoms. The first-order valence-electron chi connectivity index (χ1n) is 8.64. The Hall–Kier alpha value is -1.60. The molecule has 1 amide bonds. The standard InChI is InChI=1S/C19H21N3O2S.2ClH/c1-20-11-13-5-4-10-22(12-13)19(23)16-9-8-15(24-16)18-21-14-6-2-3-7-17(14)25-18;;/h2-3,6-9,13,20H,4-5,10-12H2,1H3;2*1H. The Morgan fingerprint density at radius 1 is 1.30 bits per heavy atom. The summed E-state index contributed by atoms with van der Waals surface area (Å²) in [5.74, 6) is 1.56. The number of likely N-dealkylation sites (tertiary alicyclic amines) is 1. The number of amides is 1. The highest BCUT2D eigenvalue weighted by Crippen LogP contribution is 2.31. The molecule has 0 saturated carbocycles. The molecule has 27 heavy (non-hydrogen) atoms. The van der Waals surface area contributed by atoms with Crippen molar-refractivity contribution in [2.24, 2.45) is 5.92 Å². The molecule has 1 saturated heterocycles. The zero-order valence-corrected chi connectivity index (χ0v) is 17.5. The van der Waals surface area contributed by atoms with Gasteiger partial charge in [-0.2, -0.15) is 0 Å². The van der Waals surface area contributed by atoms with Crippen molar-refractivity contribution in [2.75, 3.05) is 26.7 Å². The Labute approximate surface area is 175 Å². The second kappa shape index (κ2) is 9.55. The topological polar surface area (TPSA) is 58.4 Å². The minimum absolute atomic E-state index is 0. The lowest BCUT2D eigenvalue weighted by Crippen LogP contribution is -2.42. The molecular formula is C19H23Cl2N3O2S. The fourth-order valence-corrected chi connectivity index (χ4v) is 4.33. The van der Waals surface area contributed by atoms with Crippen LogP contribution in [0.4, 0.5) is 0 Å². The molecule has 146 valence electrons. The van der Waals surface area contributed by atoms with Crippen molar-refractivity contribution >= 4 is 52.3 Å². The summed E-state index contributed by atoms with van der Waals surface area (Å²) in [5.41, 5.74) is 0.956. The minimum Gasteiger partial charge on any atom is -0.448 e. The van der Waals surface area contributed by atoms with Crippen LogP contribution in [-0.2, 0) is 0 Å². The lowest BCUT2D eigenvalue weighted by molar-refractivity contribution is 0.0643. The predicted molar refractivity (Wildman–Crippen MR) is 114 cm³/mol. The SMILES string of the molecule is CNCC1CCCN(C(=O)c2ccc(-c3nc4ccccc4s3)o2)C1.Cl.Cl. The Bertz CT molecular complexity index is 861. The number of thiazole rings is 1. The zero-order valence-electron chi connectivity index (χ0n) is 15.0. The molecule has 1 fully saturated rings. The molecule has 3 heterocycles. The van der Waals surface area contributed by atoms with Crippen LogP contribution in [-0.4, -0.2) is 42.5 Å². The van der Waals surface area contributed by atoms with Gasteiger partial charge in [0.2, 0.25) is 0 Å². The molecule has 8 heteroatoms. The predicted octanol–water partition coefficient (Wildman–Crippen LogP) is 4.47. The molecule has 0 aliphatic carbocycles. The quantitative estimate of drug-likeness (QED) is 0.666. The molecule has 1 N–H and O–H groups in total. The van der Waals surface area contributed by atoms with Crippen molar-refractivity contribution < 1.29 is 9.21 Å². The summed E-state index contributed by atoms with van der Waals surface area (Å²) < 4.78 is 6.97. The van der Waals surface area contributed by atoms with Gasteiger partial charge in [-0.3, -0.25) is 4.79 Å². The molecule has 2 aromatic heterocycles. The Morgan fingerprint density at radius 2 is 2.11 bits per heavy atom. The van der Waals surface area contributed by atoms with Crippen molar-refractivity contribution in [3.8, 4) is 10.8 Å². The van der Waals surface area contributed by atoms with Gasteiger partial charge in [0.05, 0.1) is 10.2 Å². The molecular weight excluding hydrogens is 405 g/mol. The first-order chi connectivity index (χ1) is 12.2. The number of para-hydroxylation sites is 1. The highest BCUT2D eigenvalue weighted by molar-refractivity contribution is 7.21. The van der Waals surface area contributed by atoms with Gasteiger partial charge in [0.1, 0.15) is 0 Å². The Kier molecular flexibility index (Phi) is 7.68. The smallest absolute Gasteiger partial charge is 0.289 e. The second-order valence-electron chi connectivity index (χ2n) is 6.47. The van der Waals surface area contributed by atoms with E-state index in [9.17, 15) is 4.79 Å². The molecule has 1 aliphatic rings.